The minimum absolute atomic E-state index is 0.673. The summed E-state index contributed by atoms with van der Waals surface area (Å²) < 4.78 is 0. The van der Waals surface area contributed by atoms with Gasteiger partial charge in [0.25, 0.3) is 0 Å². The van der Waals surface area contributed by atoms with Crippen LogP contribution in [0.25, 0.3) is 0 Å². The topological polar surface area (TPSA) is 38.4 Å². The summed E-state index contributed by atoms with van der Waals surface area (Å²) in [5.74, 6) is 0.883. The van der Waals surface area contributed by atoms with E-state index in [1.54, 1.807) is 11.8 Å². The third-order valence-corrected chi connectivity index (χ3v) is 4.27. The maximum Gasteiger partial charge on any atom is 0.154 e. The van der Waals surface area contributed by atoms with E-state index >= 15 is 0 Å². The zero-order valence-electron chi connectivity index (χ0n) is 12.7. The number of amidine groups is 1. The van der Waals surface area contributed by atoms with E-state index in [1.807, 2.05) is 6.07 Å². The van der Waals surface area contributed by atoms with Crippen molar-refractivity contribution >= 4 is 16.9 Å². The fourth-order valence-electron chi connectivity index (χ4n) is 2.09. The summed E-state index contributed by atoms with van der Waals surface area (Å²) in [5.41, 5.74) is 11.2. The van der Waals surface area contributed by atoms with Crippen LogP contribution in [0.4, 0.5) is 0 Å². The van der Waals surface area contributed by atoms with Gasteiger partial charge in [-0.2, -0.15) is 0 Å². The van der Waals surface area contributed by atoms with E-state index in [4.69, 9.17) is 5.73 Å². The van der Waals surface area contributed by atoms with Crippen LogP contribution >= 0.6 is 11.8 Å². The molecule has 21 heavy (non-hydrogen) atoms. The number of benzene rings is 2. The first-order valence-corrected chi connectivity index (χ1v) is 8.16. The SMILES string of the molecule is Cc1ccc(C)c(CSC(N)=NCCc2ccccc2)c1. The van der Waals surface area contributed by atoms with E-state index in [1.165, 1.54) is 22.3 Å². The molecule has 0 unspecified atom stereocenters. The normalized spacial score (nSPS) is 11.6. The molecule has 2 aromatic rings. The van der Waals surface area contributed by atoms with Gasteiger partial charge in [0, 0.05) is 12.3 Å². The Labute approximate surface area is 131 Å². The predicted octanol–water partition coefficient (Wildman–Crippen LogP) is 4.09. The molecule has 110 valence electrons. The van der Waals surface area contributed by atoms with Crippen molar-refractivity contribution in [2.75, 3.05) is 6.54 Å². The van der Waals surface area contributed by atoms with Crippen LogP contribution in [0.5, 0.6) is 0 Å². The second-order valence-electron chi connectivity index (χ2n) is 5.17. The van der Waals surface area contributed by atoms with Crippen molar-refractivity contribution in [3.8, 4) is 0 Å². The highest BCUT2D eigenvalue weighted by atomic mass is 32.2. The summed E-state index contributed by atoms with van der Waals surface area (Å²) in [6.07, 6.45) is 0.936. The van der Waals surface area contributed by atoms with Crippen molar-refractivity contribution in [2.45, 2.75) is 26.0 Å². The number of nitrogens with two attached hydrogens (primary N) is 1. The Bertz CT molecular complexity index is 606. The molecule has 2 aromatic carbocycles. The van der Waals surface area contributed by atoms with E-state index < -0.39 is 0 Å². The van der Waals surface area contributed by atoms with Gasteiger partial charge in [-0.1, -0.05) is 65.9 Å². The zero-order chi connectivity index (χ0) is 15.1. The molecule has 0 saturated heterocycles. The van der Waals surface area contributed by atoms with Gasteiger partial charge in [-0.25, -0.2) is 0 Å². The summed E-state index contributed by atoms with van der Waals surface area (Å²) >= 11 is 1.62. The molecule has 2 rings (SSSR count). The van der Waals surface area contributed by atoms with Gasteiger partial charge in [0.2, 0.25) is 0 Å². The Kier molecular flexibility index (Phi) is 5.88. The van der Waals surface area contributed by atoms with Crippen LogP contribution in [-0.2, 0) is 12.2 Å². The van der Waals surface area contributed by atoms with Gasteiger partial charge in [-0.05, 0) is 37.0 Å². The molecular weight excluding hydrogens is 276 g/mol. The van der Waals surface area contributed by atoms with Crippen molar-refractivity contribution in [2.24, 2.45) is 10.7 Å². The predicted molar refractivity (Wildman–Crippen MR) is 93.8 cm³/mol. The lowest BCUT2D eigenvalue weighted by atomic mass is 10.1. The first kappa shape index (κ1) is 15.6. The number of thioether (sulfide) groups is 1. The molecule has 3 heteroatoms. The Balaban J connectivity index is 1.82. The Morgan fingerprint density at radius 2 is 1.86 bits per heavy atom. The van der Waals surface area contributed by atoms with Gasteiger partial charge < -0.3 is 5.73 Å². The lowest BCUT2D eigenvalue weighted by Crippen LogP contribution is -2.08. The summed E-state index contributed by atoms with van der Waals surface area (Å²) in [4.78, 5) is 4.44. The average molecular weight is 298 g/mol. The van der Waals surface area contributed by atoms with E-state index in [-0.39, 0.29) is 0 Å². The molecule has 0 saturated carbocycles. The van der Waals surface area contributed by atoms with Crippen molar-refractivity contribution in [3.63, 3.8) is 0 Å². The minimum Gasteiger partial charge on any atom is -0.379 e. The largest absolute Gasteiger partial charge is 0.379 e. The van der Waals surface area contributed by atoms with Crippen molar-refractivity contribution < 1.29 is 0 Å². The fraction of sp³-hybridized carbons (Fsp3) is 0.278. The van der Waals surface area contributed by atoms with Crippen LogP contribution in [0.1, 0.15) is 22.3 Å². The maximum atomic E-state index is 5.99. The number of rotatable bonds is 5. The molecule has 0 atom stereocenters. The summed E-state index contributed by atoms with van der Waals surface area (Å²) in [7, 11) is 0. The third-order valence-electron chi connectivity index (χ3n) is 3.39. The number of nitrogens with zero attached hydrogens (tertiary/aromatic N) is 1. The molecular formula is C18H22N2S. The smallest absolute Gasteiger partial charge is 0.154 e. The van der Waals surface area contributed by atoms with E-state index in [0.717, 1.165) is 18.7 Å². The molecule has 0 fully saturated rings. The molecule has 0 aliphatic rings. The van der Waals surface area contributed by atoms with E-state index in [9.17, 15) is 0 Å². The van der Waals surface area contributed by atoms with Crippen LogP contribution in [0.2, 0.25) is 0 Å². The molecule has 0 spiro atoms. The van der Waals surface area contributed by atoms with Crippen molar-refractivity contribution in [1.82, 2.24) is 0 Å². The van der Waals surface area contributed by atoms with Crippen LogP contribution in [0, 0.1) is 13.8 Å². The van der Waals surface area contributed by atoms with E-state index in [0.29, 0.717) is 5.17 Å². The summed E-state index contributed by atoms with van der Waals surface area (Å²) in [5, 5.41) is 0.673. The molecule has 0 bridgehead atoms. The average Bonchev–Trinajstić information content (AvgIpc) is 2.49. The Hall–Kier alpha value is -1.74. The van der Waals surface area contributed by atoms with Gasteiger partial charge in [0.15, 0.2) is 5.17 Å². The van der Waals surface area contributed by atoms with Crippen LogP contribution in [-0.4, -0.2) is 11.7 Å². The molecule has 0 heterocycles. The van der Waals surface area contributed by atoms with Crippen LogP contribution in [0.3, 0.4) is 0 Å². The number of aryl methyl sites for hydroxylation is 2. The molecule has 2 N–H and O–H groups in total. The second-order valence-corrected chi connectivity index (χ2v) is 6.17. The summed E-state index contributed by atoms with van der Waals surface area (Å²) in [6, 6.07) is 16.9. The highest BCUT2D eigenvalue weighted by molar-refractivity contribution is 8.13. The fourth-order valence-corrected chi connectivity index (χ4v) is 2.89. The van der Waals surface area contributed by atoms with Crippen LogP contribution < -0.4 is 5.73 Å². The van der Waals surface area contributed by atoms with Gasteiger partial charge in [0.05, 0.1) is 0 Å². The standard InChI is InChI=1S/C18H22N2S/c1-14-8-9-15(2)17(12-14)13-21-18(19)20-11-10-16-6-4-3-5-7-16/h3-9,12H,10-11,13H2,1-2H3,(H2,19,20). The van der Waals surface area contributed by atoms with Gasteiger partial charge in [0.1, 0.15) is 0 Å². The summed E-state index contributed by atoms with van der Waals surface area (Å²) in [6.45, 7) is 5.00. The van der Waals surface area contributed by atoms with Crippen molar-refractivity contribution in [3.05, 3.63) is 70.8 Å². The molecule has 0 aliphatic carbocycles. The lowest BCUT2D eigenvalue weighted by molar-refractivity contribution is 0.970. The quantitative estimate of drug-likeness (QED) is 0.667. The molecule has 2 nitrogen and oxygen atoms in total. The van der Waals surface area contributed by atoms with Crippen molar-refractivity contribution in [1.29, 1.82) is 0 Å². The van der Waals surface area contributed by atoms with Gasteiger partial charge in [-0.15, -0.1) is 0 Å². The maximum absolute atomic E-state index is 5.99. The Morgan fingerprint density at radius 1 is 1.10 bits per heavy atom. The monoisotopic (exact) mass is 298 g/mol. The number of hydrogen-bond donors (Lipinski definition) is 1. The van der Waals surface area contributed by atoms with Crippen LogP contribution in [0.15, 0.2) is 53.5 Å². The van der Waals surface area contributed by atoms with Gasteiger partial charge >= 0.3 is 0 Å². The van der Waals surface area contributed by atoms with E-state index in [2.05, 4.69) is 61.3 Å². The zero-order valence-corrected chi connectivity index (χ0v) is 13.5. The lowest BCUT2D eigenvalue weighted by Gasteiger charge is -2.06. The second kappa shape index (κ2) is 7.89. The van der Waals surface area contributed by atoms with Gasteiger partial charge in [-0.3, -0.25) is 4.99 Å². The minimum atomic E-state index is 0.673. The number of hydrogen-bond acceptors (Lipinski definition) is 2. The first-order valence-electron chi connectivity index (χ1n) is 7.18. The molecule has 0 aromatic heterocycles. The highest BCUT2D eigenvalue weighted by Gasteiger charge is 2.01. The first-order chi connectivity index (χ1) is 10.1. The third kappa shape index (κ3) is 5.27. The Morgan fingerprint density at radius 3 is 2.62 bits per heavy atom. The molecule has 0 amide bonds. The highest BCUT2D eigenvalue weighted by Crippen LogP contribution is 2.17. The molecule has 0 radical (unpaired) electrons. The number of aliphatic imine (C=N–C) groups is 1. The molecule has 0 aliphatic heterocycles.